The maximum atomic E-state index is 5.99. The van der Waals surface area contributed by atoms with Crippen molar-refractivity contribution in [2.75, 3.05) is 7.11 Å². The molecule has 3 aromatic heterocycles. The van der Waals surface area contributed by atoms with Gasteiger partial charge in [0.2, 0.25) is 5.89 Å². The fraction of sp³-hybridized carbons (Fsp3) is 0.118. The molecule has 0 atom stereocenters. The number of hydrogen-bond donors (Lipinski definition) is 0. The van der Waals surface area contributed by atoms with E-state index >= 15 is 0 Å². The summed E-state index contributed by atoms with van der Waals surface area (Å²) in [5, 5.41) is 9.34. The Labute approximate surface area is 152 Å². The summed E-state index contributed by atoms with van der Waals surface area (Å²) in [5.74, 6) is 1.89. The highest BCUT2D eigenvalue weighted by Gasteiger charge is 2.11. The van der Waals surface area contributed by atoms with Crippen LogP contribution in [0.2, 0.25) is 5.02 Å². The van der Waals surface area contributed by atoms with Gasteiger partial charge in [0.1, 0.15) is 11.4 Å². The molecule has 0 aliphatic rings. The van der Waals surface area contributed by atoms with Crippen LogP contribution in [-0.4, -0.2) is 26.7 Å². The van der Waals surface area contributed by atoms with Crippen LogP contribution in [0.15, 0.2) is 58.4 Å². The lowest BCUT2D eigenvalue weighted by atomic mass is 10.2. The Kier molecular flexibility index (Phi) is 4.33. The molecule has 0 bridgehead atoms. The van der Waals surface area contributed by atoms with Crippen molar-refractivity contribution in [3.63, 3.8) is 0 Å². The van der Waals surface area contributed by atoms with E-state index in [1.807, 2.05) is 53.2 Å². The zero-order chi connectivity index (χ0) is 17.2. The van der Waals surface area contributed by atoms with Gasteiger partial charge in [-0.15, -0.1) is 10.2 Å². The molecule has 0 aliphatic carbocycles. The van der Waals surface area contributed by atoms with E-state index in [-0.39, 0.29) is 0 Å². The van der Waals surface area contributed by atoms with Gasteiger partial charge in [0.25, 0.3) is 5.22 Å². The predicted octanol–water partition coefficient (Wildman–Crippen LogP) is 4.34. The molecule has 25 heavy (non-hydrogen) atoms. The first-order valence-corrected chi connectivity index (χ1v) is 8.81. The molecule has 0 aliphatic heterocycles. The largest absolute Gasteiger partial charge is 0.497 e. The van der Waals surface area contributed by atoms with Gasteiger partial charge >= 0.3 is 0 Å². The van der Waals surface area contributed by atoms with Crippen molar-refractivity contribution in [2.45, 2.75) is 11.0 Å². The number of pyridine rings is 1. The van der Waals surface area contributed by atoms with Gasteiger partial charge < -0.3 is 13.6 Å². The molecule has 0 saturated carbocycles. The Morgan fingerprint density at radius 3 is 2.76 bits per heavy atom. The second kappa shape index (κ2) is 6.78. The van der Waals surface area contributed by atoms with Gasteiger partial charge in [-0.1, -0.05) is 23.4 Å². The van der Waals surface area contributed by atoms with Crippen LogP contribution in [0.5, 0.6) is 5.75 Å². The number of halogens is 1. The highest BCUT2D eigenvalue weighted by molar-refractivity contribution is 7.98. The Morgan fingerprint density at radius 2 is 1.96 bits per heavy atom. The molecular formula is C17H13ClN4O2S. The summed E-state index contributed by atoms with van der Waals surface area (Å²) >= 11 is 7.43. The number of benzene rings is 1. The minimum absolute atomic E-state index is 0.479. The summed E-state index contributed by atoms with van der Waals surface area (Å²) in [6.45, 7) is 0. The minimum atomic E-state index is 0.479. The third kappa shape index (κ3) is 3.47. The van der Waals surface area contributed by atoms with Crippen molar-refractivity contribution in [3.8, 4) is 17.2 Å². The van der Waals surface area contributed by atoms with Crippen molar-refractivity contribution in [3.05, 3.63) is 59.5 Å². The molecule has 4 aromatic rings. The third-order valence-electron chi connectivity index (χ3n) is 3.55. The molecule has 4 rings (SSSR count). The Morgan fingerprint density at radius 1 is 1.12 bits per heavy atom. The van der Waals surface area contributed by atoms with E-state index in [9.17, 15) is 0 Å². The van der Waals surface area contributed by atoms with Crippen molar-refractivity contribution in [1.29, 1.82) is 0 Å². The van der Waals surface area contributed by atoms with E-state index < -0.39 is 0 Å². The zero-order valence-electron chi connectivity index (χ0n) is 13.2. The summed E-state index contributed by atoms with van der Waals surface area (Å²) < 4.78 is 12.7. The van der Waals surface area contributed by atoms with Crippen molar-refractivity contribution in [1.82, 2.24) is 19.6 Å². The molecule has 0 fully saturated rings. The normalized spacial score (nSPS) is 11.1. The minimum Gasteiger partial charge on any atom is -0.497 e. The van der Waals surface area contributed by atoms with Crippen LogP contribution in [0, 0.1) is 0 Å². The zero-order valence-corrected chi connectivity index (χ0v) is 14.8. The summed E-state index contributed by atoms with van der Waals surface area (Å²) in [5.41, 5.74) is 2.61. The Bertz CT molecular complexity index is 1010. The van der Waals surface area contributed by atoms with Gasteiger partial charge in [0, 0.05) is 23.7 Å². The van der Waals surface area contributed by atoms with Crippen LogP contribution in [-0.2, 0) is 5.75 Å². The molecule has 0 amide bonds. The van der Waals surface area contributed by atoms with Gasteiger partial charge in [-0.2, -0.15) is 0 Å². The highest BCUT2D eigenvalue weighted by Crippen LogP contribution is 2.26. The first kappa shape index (κ1) is 16.0. The first-order valence-electron chi connectivity index (χ1n) is 7.45. The number of methoxy groups -OCH3 is 1. The second-order valence-corrected chi connectivity index (χ2v) is 6.60. The van der Waals surface area contributed by atoms with E-state index in [0.29, 0.717) is 21.9 Å². The maximum absolute atomic E-state index is 5.99. The highest BCUT2D eigenvalue weighted by atomic mass is 35.5. The number of ether oxygens (including phenoxy) is 1. The number of imidazole rings is 1. The number of thioether (sulfide) groups is 1. The third-order valence-corrected chi connectivity index (χ3v) is 4.63. The number of fused-ring (bicyclic) bond motifs is 1. The number of rotatable bonds is 5. The van der Waals surface area contributed by atoms with Crippen molar-refractivity contribution in [2.24, 2.45) is 0 Å². The Hall–Kier alpha value is -2.51. The van der Waals surface area contributed by atoms with Gasteiger partial charge in [-0.25, -0.2) is 4.98 Å². The van der Waals surface area contributed by atoms with Gasteiger partial charge in [-0.3, -0.25) is 0 Å². The van der Waals surface area contributed by atoms with E-state index in [2.05, 4.69) is 15.2 Å². The van der Waals surface area contributed by atoms with Gasteiger partial charge in [-0.05, 0) is 36.4 Å². The molecule has 8 heteroatoms. The standard InChI is InChI=1S/C17H13ClN4O2S/c1-23-14-5-2-11(3-6-14)16-20-21-17(24-16)25-10-13-9-22-8-12(18)4-7-15(22)19-13/h2-9H,10H2,1H3. The fourth-order valence-electron chi connectivity index (χ4n) is 2.34. The molecular weight excluding hydrogens is 360 g/mol. The topological polar surface area (TPSA) is 65.5 Å². The van der Waals surface area contributed by atoms with E-state index in [4.69, 9.17) is 20.8 Å². The lowest BCUT2D eigenvalue weighted by Crippen LogP contribution is -1.82. The molecule has 0 N–H and O–H groups in total. The molecule has 0 radical (unpaired) electrons. The van der Waals surface area contributed by atoms with E-state index in [1.165, 1.54) is 11.8 Å². The van der Waals surface area contributed by atoms with E-state index in [0.717, 1.165) is 22.7 Å². The number of nitrogens with zero attached hydrogens (tertiary/aromatic N) is 4. The fourth-order valence-corrected chi connectivity index (χ4v) is 3.16. The summed E-state index contributed by atoms with van der Waals surface area (Å²) in [7, 11) is 1.63. The molecule has 1 aromatic carbocycles. The van der Waals surface area contributed by atoms with Crippen LogP contribution < -0.4 is 4.74 Å². The van der Waals surface area contributed by atoms with Crippen LogP contribution in [0.4, 0.5) is 0 Å². The molecule has 3 heterocycles. The van der Waals surface area contributed by atoms with E-state index in [1.54, 1.807) is 7.11 Å². The monoisotopic (exact) mass is 372 g/mol. The quantitative estimate of drug-likeness (QED) is 0.485. The van der Waals surface area contributed by atoms with Crippen molar-refractivity contribution < 1.29 is 9.15 Å². The lowest BCUT2D eigenvalue weighted by Gasteiger charge is -1.99. The second-order valence-electron chi connectivity index (χ2n) is 5.24. The predicted molar refractivity (Wildman–Crippen MR) is 96.0 cm³/mol. The van der Waals surface area contributed by atoms with Crippen LogP contribution in [0.1, 0.15) is 5.69 Å². The Balaban J connectivity index is 1.46. The number of aromatic nitrogens is 4. The molecule has 126 valence electrons. The van der Waals surface area contributed by atoms with Crippen LogP contribution in [0.25, 0.3) is 17.1 Å². The van der Waals surface area contributed by atoms with Gasteiger partial charge in [0.15, 0.2) is 0 Å². The smallest absolute Gasteiger partial charge is 0.277 e. The first-order chi connectivity index (χ1) is 12.2. The maximum Gasteiger partial charge on any atom is 0.277 e. The SMILES string of the molecule is COc1ccc(-c2nnc(SCc3cn4cc(Cl)ccc4n3)o2)cc1. The molecule has 6 nitrogen and oxygen atoms in total. The van der Waals surface area contributed by atoms with Gasteiger partial charge in [0.05, 0.1) is 17.8 Å². The summed E-state index contributed by atoms with van der Waals surface area (Å²) in [4.78, 5) is 4.53. The average Bonchev–Trinajstić information content (AvgIpc) is 3.26. The summed E-state index contributed by atoms with van der Waals surface area (Å²) in [6, 6.07) is 11.2. The van der Waals surface area contributed by atoms with Crippen molar-refractivity contribution >= 4 is 29.0 Å². The summed E-state index contributed by atoms with van der Waals surface area (Å²) in [6.07, 6.45) is 3.77. The molecule has 0 spiro atoms. The molecule has 0 saturated heterocycles. The van der Waals surface area contributed by atoms with Crippen LogP contribution >= 0.6 is 23.4 Å². The van der Waals surface area contributed by atoms with Crippen LogP contribution in [0.3, 0.4) is 0 Å². The molecule has 0 unspecified atom stereocenters. The average molecular weight is 373 g/mol. The number of hydrogen-bond acceptors (Lipinski definition) is 6. The lowest BCUT2D eigenvalue weighted by molar-refractivity contribution is 0.414.